The van der Waals surface area contributed by atoms with Gasteiger partial charge < -0.3 is 10.5 Å². The van der Waals surface area contributed by atoms with Crippen LogP contribution in [0.25, 0.3) is 16.7 Å². The highest BCUT2D eigenvalue weighted by atomic mass is 32.2. The van der Waals surface area contributed by atoms with E-state index in [1.807, 2.05) is 30.3 Å². The van der Waals surface area contributed by atoms with E-state index in [9.17, 15) is 10.1 Å². The predicted octanol–water partition coefficient (Wildman–Crippen LogP) is 3.80. The number of carbonyl (C=O) groups excluding carboxylic acids is 1. The van der Waals surface area contributed by atoms with Crippen LogP contribution in [0, 0.1) is 11.3 Å². The second kappa shape index (κ2) is 8.52. The van der Waals surface area contributed by atoms with Crippen molar-refractivity contribution in [2.45, 2.75) is 17.7 Å². The van der Waals surface area contributed by atoms with Crippen LogP contribution in [0.2, 0.25) is 0 Å². The lowest BCUT2D eigenvalue weighted by Gasteiger charge is -2.06. The first-order chi connectivity index (χ1) is 14.6. The number of nitrogens with zero attached hydrogens (tertiary/aromatic N) is 5. The van der Waals surface area contributed by atoms with Crippen LogP contribution in [0.4, 0.5) is 5.00 Å². The Morgan fingerprint density at radius 1 is 1.33 bits per heavy atom. The number of nitrogen functional groups attached to an aromatic ring is 1. The molecular weight excluding hydrogens is 420 g/mol. The largest absolute Gasteiger partial charge is 0.462 e. The molecule has 8 nitrogen and oxygen atoms in total. The summed E-state index contributed by atoms with van der Waals surface area (Å²) in [6, 6.07) is 11.8. The average molecular weight is 437 g/mol. The number of aromatic nitrogens is 4. The normalized spacial score (nSPS) is 10.8. The van der Waals surface area contributed by atoms with Crippen LogP contribution in [-0.2, 0) is 10.5 Å². The lowest BCUT2D eigenvalue weighted by Crippen LogP contribution is -2.05. The standard InChI is InChI=1S/C20H16N6O2S2/c1-2-28-20(27)16-15(13(8-21)17(22)30-16)10-29-19-14-9-25-26(18(14)23-11-24-19)12-6-4-3-5-7-12/h3-7,9,11H,2,10,22H2,1H3. The maximum absolute atomic E-state index is 12.3. The molecule has 4 aromatic rings. The smallest absolute Gasteiger partial charge is 0.348 e. The minimum Gasteiger partial charge on any atom is -0.462 e. The Morgan fingerprint density at radius 3 is 2.87 bits per heavy atom. The molecule has 0 saturated heterocycles. The van der Waals surface area contributed by atoms with Crippen LogP contribution >= 0.6 is 23.1 Å². The summed E-state index contributed by atoms with van der Waals surface area (Å²) in [7, 11) is 0. The van der Waals surface area contributed by atoms with Crippen LogP contribution < -0.4 is 5.73 Å². The van der Waals surface area contributed by atoms with Gasteiger partial charge >= 0.3 is 5.97 Å². The topological polar surface area (TPSA) is 120 Å². The van der Waals surface area contributed by atoms with Crippen molar-refractivity contribution in [1.82, 2.24) is 19.7 Å². The van der Waals surface area contributed by atoms with E-state index in [4.69, 9.17) is 10.5 Å². The van der Waals surface area contributed by atoms with Crippen molar-refractivity contribution in [1.29, 1.82) is 5.26 Å². The summed E-state index contributed by atoms with van der Waals surface area (Å²) >= 11 is 2.46. The molecule has 0 aliphatic rings. The van der Waals surface area contributed by atoms with Crippen molar-refractivity contribution in [3.8, 4) is 11.8 Å². The first kappa shape index (κ1) is 19.9. The molecule has 3 aromatic heterocycles. The Hall–Kier alpha value is -3.42. The molecule has 4 rings (SSSR count). The molecular formula is C20H16N6O2S2. The highest BCUT2D eigenvalue weighted by Gasteiger charge is 2.23. The fourth-order valence-electron chi connectivity index (χ4n) is 2.94. The third kappa shape index (κ3) is 3.60. The fraction of sp³-hybridized carbons (Fsp3) is 0.150. The molecule has 30 heavy (non-hydrogen) atoms. The SMILES string of the molecule is CCOC(=O)c1sc(N)c(C#N)c1CSc1ncnc2c1cnn2-c1ccccc1. The first-order valence-corrected chi connectivity index (χ1v) is 10.8. The number of hydrogen-bond acceptors (Lipinski definition) is 9. The second-order valence-corrected chi connectivity index (χ2v) is 8.09. The maximum Gasteiger partial charge on any atom is 0.348 e. The zero-order valence-corrected chi connectivity index (χ0v) is 17.5. The van der Waals surface area contributed by atoms with Gasteiger partial charge in [0, 0.05) is 11.3 Å². The Labute approximate surface area is 180 Å². The molecule has 10 heteroatoms. The quantitative estimate of drug-likeness (QED) is 0.275. The van der Waals surface area contributed by atoms with Gasteiger partial charge in [-0.25, -0.2) is 19.4 Å². The number of anilines is 1. The van der Waals surface area contributed by atoms with Gasteiger partial charge in [0.15, 0.2) is 5.65 Å². The molecule has 2 N–H and O–H groups in total. The molecule has 0 saturated carbocycles. The van der Waals surface area contributed by atoms with E-state index < -0.39 is 5.97 Å². The van der Waals surface area contributed by atoms with E-state index in [-0.39, 0.29) is 6.61 Å². The number of carbonyl (C=O) groups is 1. The third-order valence-corrected chi connectivity index (χ3v) is 6.36. The Morgan fingerprint density at radius 2 is 2.13 bits per heavy atom. The summed E-state index contributed by atoms with van der Waals surface area (Å²) in [4.78, 5) is 21.4. The molecule has 0 aliphatic carbocycles. The Kier molecular flexibility index (Phi) is 5.65. The number of benzene rings is 1. The molecule has 0 unspecified atom stereocenters. The van der Waals surface area contributed by atoms with Gasteiger partial charge in [0.1, 0.15) is 27.3 Å². The molecule has 0 aliphatic heterocycles. The summed E-state index contributed by atoms with van der Waals surface area (Å²) in [6.45, 7) is 1.98. The zero-order valence-electron chi connectivity index (χ0n) is 15.9. The van der Waals surface area contributed by atoms with Crippen LogP contribution in [-0.4, -0.2) is 32.3 Å². The number of hydrogen-bond donors (Lipinski definition) is 1. The van der Waals surface area contributed by atoms with E-state index >= 15 is 0 Å². The van der Waals surface area contributed by atoms with Crippen molar-refractivity contribution in [3.63, 3.8) is 0 Å². The summed E-state index contributed by atoms with van der Waals surface area (Å²) in [5.41, 5.74) is 8.39. The summed E-state index contributed by atoms with van der Waals surface area (Å²) in [6.07, 6.45) is 3.19. The van der Waals surface area contributed by atoms with Crippen LogP contribution in [0.5, 0.6) is 0 Å². The molecule has 0 bridgehead atoms. The molecule has 0 fully saturated rings. The number of rotatable bonds is 6. The molecule has 1 aromatic carbocycles. The van der Waals surface area contributed by atoms with E-state index in [2.05, 4.69) is 21.1 Å². The number of nitriles is 1. The highest BCUT2D eigenvalue weighted by molar-refractivity contribution is 7.98. The van der Waals surface area contributed by atoms with Crippen LogP contribution in [0.15, 0.2) is 47.9 Å². The number of nitrogens with two attached hydrogens (primary N) is 1. The number of esters is 1. The number of fused-ring (bicyclic) bond motifs is 1. The number of thiophene rings is 1. The summed E-state index contributed by atoms with van der Waals surface area (Å²) < 4.78 is 6.86. The lowest BCUT2D eigenvalue weighted by molar-refractivity contribution is 0.0531. The van der Waals surface area contributed by atoms with Crippen molar-refractivity contribution < 1.29 is 9.53 Å². The fourth-order valence-corrected chi connectivity index (χ4v) is 4.96. The van der Waals surface area contributed by atoms with Crippen molar-refractivity contribution >= 4 is 45.1 Å². The van der Waals surface area contributed by atoms with Gasteiger partial charge in [0.25, 0.3) is 0 Å². The number of ether oxygens (including phenoxy) is 1. The van der Waals surface area contributed by atoms with Crippen molar-refractivity contribution in [2.24, 2.45) is 0 Å². The van der Waals surface area contributed by atoms with E-state index in [1.54, 1.807) is 17.8 Å². The molecule has 3 heterocycles. The third-order valence-electron chi connectivity index (χ3n) is 4.29. The summed E-state index contributed by atoms with van der Waals surface area (Å²) in [5.74, 6) is -0.135. The van der Waals surface area contributed by atoms with Gasteiger partial charge in [-0.15, -0.1) is 23.1 Å². The van der Waals surface area contributed by atoms with Gasteiger partial charge in [-0.3, -0.25) is 0 Å². The van der Waals surface area contributed by atoms with E-state index in [0.717, 1.165) is 22.4 Å². The lowest BCUT2D eigenvalue weighted by atomic mass is 10.2. The zero-order chi connectivity index (χ0) is 21.1. The van der Waals surface area contributed by atoms with E-state index in [0.29, 0.717) is 37.4 Å². The minimum atomic E-state index is -0.476. The average Bonchev–Trinajstić information content (AvgIpc) is 3.34. The maximum atomic E-state index is 12.3. The Balaban J connectivity index is 1.68. The van der Waals surface area contributed by atoms with Gasteiger partial charge in [-0.05, 0) is 19.1 Å². The molecule has 0 atom stereocenters. The monoisotopic (exact) mass is 436 g/mol. The first-order valence-electron chi connectivity index (χ1n) is 8.99. The van der Waals surface area contributed by atoms with Crippen LogP contribution in [0.3, 0.4) is 0 Å². The van der Waals surface area contributed by atoms with Crippen molar-refractivity contribution in [2.75, 3.05) is 12.3 Å². The van der Waals surface area contributed by atoms with Gasteiger partial charge in [-0.2, -0.15) is 10.4 Å². The number of thioether (sulfide) groups is 1. The minimum absolute atomic E-state index is 0.246. The van der Waals surface area contributed by atoms with Crippen molar-refractivity contribution in [3.05, 3.63) is 58.9 Å². The molecule has 0 amide bonds. The number of para-hydroxylation sites is 1. The van der Waals surface area contributed by atoms with Gasteiger partial charge in [0.05, 0.1) is 29.4 Å². The van der Waals surface area contributed by atoms with E-state index in [1.165, 1.54) is 18.1 Å². The predicted molar refractivity (Wildman–Crippen MR) is 116 cm³/mol. The van der Waals surface area contributed by atoms with Gasteiger partial charge in [-0.1, -0.05) is 18.2 Å². The second-order valence-electron chi connectivity index (χ2n) is 6.08. The van der Waals surface area contributed by atoms with Crippen LogP contribution in [0.1, 0.15) is 27.7 Å². The molecule has 150 valence electrons. The highest BCUT2D eigenvalue weighted by Crippen LogP contribution is 2.36. The van der Waals surface area contributed by atoms with Gasteiger partial charge in [0.2, 0.25) is 0 Å². The summed E-state index contributed by atoms with van der Waals surface area (Å²) in [5, 5.41) is 15.7. The Bertz CT molecular complexity index is 1260. The molecule has 0 spiro atoms. The molecule has 0 radical (unpaired) electrons.